The Morgan fingerprint density at radius 2 is 1.93 bits per heavy atom. The van der Waals surface area contributed by atoms with E-state index in [-0.39, 0.29) is 43.0 Å². The van der Waals surface area contributed by atoms with Crippen molar-refractivity contribution >= 4 is 28.9 Å². The van der Waals surface area contributed by atoms with E-state index >= 15 is 0 Å². The molecular formula is C30H42ClN5O5. The van der Waals surface area contributed by atoms with Gasteiger partial charge in [0.15, 0.2) is 18.7 Å². The van der Waals surface area contributed by atoms with Crippen molar-refractivity contribution in [2.75, 3.05) is 26.4 Å². The van der Waals surface area contributed by atoms with Gasteiger partial charge in [-0.15, -0.1) is 0 Å². The number of nitrogens with one attached hydrogen (secondary N) is 2. The Kier molecular flexibility index (Phi) is 9.23. The lowest BCUT2D eigenvalue weighted by molar-refractivity contribution is -0.878. The zero-order chi connectivity index (χ0) is 28.6. The summed E-state index contributed by atoms with van der Waals surface area (Å²) in [6.07, 6.45) is 6.48. The third-order valence-electron chi connectivity index (χ3n) is 8.31. The number of halogens is 1. The lowest BCUT2D eigenvalue weighted by Crippen LogP contribution is -3.12. The van der Waals surface area contributed by atoms with E-state index in [2.05, 4.69) is 29.1 Å². The molecule has 1 fully saturated rings. The standard InChI is InChI=1S/C30H41N5O5.ClH/c1-20-33(17-21-12-13-25-26(27(21)36)23-10-6-7-11-24(23)32(25)5)15-16-35(20)19-39-29(38)34-14-8-9-22(18-34)31-28(37)40-30(2,3)4;/h6-7,10-11,15-16,20-22H,8-9,12-14,17-19H2,1-5H3,(H,31,37);1H/t20?,21?,22-;/m1./s1. The highest BCUT2D eigenvalue weighted by Gasteiger charge is 2.37. The van der Waals surface area contributed by atoms with Crippen molar-refractivity contribution in [3.8, 4) is 0 Å². The molecule has 3 aliphatic rings. The number of benzene rings is 1. The second-order valence-electron chi connectivity index (χ2n) is 12.3. The van der Waals surface area contributed by atoms with Gasteiger partial charge in [-0.3, -0.25) is 14.6 Å². The first kappa shape index (κ1) is 30.7. The number of aromatic nitrogens is 1. The van der Waals surface area contributed by atoms with Crippen molar-refractivity contribution in [2.24, 2.45) is 13.0 Å². The molecule has 11 heteroatoms. The fourth-order valence-corrected chi connectivity index (χ4v) is 6.16. The molecule has 5 rings (SSSR count). The van der Waals surface area contributed by atoms with Crippen LogP contribution in [0.5, 0.6) is 0 Å². The first-order chi connectivity index (χ1) is 19.0. The minimum Gasteiger partial charge on any atom is -1.00 e. The van der Waals surface area contributed by atoms with Crippen LogP contribution in [0.4, 0.5) is 9.59 Å². The largest absolute Gasteiger partial charge is 1.00 e. The highest BCUT2D eigenvalue weighted by atomic mass is 35.5. The summed E-state index contributed by atoms with van der Waals surface area (Å²) in [4.78, 5) is 43.4. The van der Waals surface area contributed by atoms with Crippen molar-refractivity contribution in [2.45, 2.75) is 71.2 Å². The van der Waals surface area contributed by atoms with Gasteiger partial charge in [0.25, 0.3) is 0 Å². The van der Waals surface area contributed by atoms with Gasteiger partial charge in [-0.05, 0) is 52.5 Å². The van der Waals surface area contributed by atoms with Crippen LogP contribution in [0.15, 0.2) is 36.7 Å². The highest BCUT2D eigenvalue weighted by Crippen LogP contribution is 2.33. The maximum absolute atomic E-state index is 13.6. The van der Waals surface area contributed by atoms with Crippen LogP contribution in [-0.4, -0.2) is 76.5 Å². The number of para-hydroxylation sites is 1. The Morgan fingerprint density at radius 3 is 2.68 bits per heavy atom. The predicted octanol–water partition coefficient (Wildman–Crippen LogP) is 0.0283. The number of likely N-dealkylation sites (tertiary alicyclic amines) is 1. The summed E-state index contributed by atoms with van der Waals surface area (Å²) in [7, 11) is 2.05. The smallest absolute Gasteiger partial charge is 0.411 e. The quantitative estimate of drug-likeness (QED) is 0.512. The van der Waals surface area contributed by atoms with Crippen molar-refractivity contribution in [1.82, 2.24) is 19.7 Å². The number of carbonyl (C=O) groups is 3. The number of alkyl carbamates (subject to hydrolysis) is 1. The minimum atomic E-state index is -0.573. The molecule has 10 nitrogen and oxygen atoms in total. The van der Waals surface area contributed by atoms with Gasteiger partial charge in [-0.25, -0.2) is 9.59 Å². The summed E-state index contributed by atoms with van der Waals surface area (Å²) in [5.41, 5.74) is 2.56. The van der Waals surface area contributed by atoms with Crippen LogP contribution in [0.2, 0.25) is 0 Å². The number of aryl methyl sites for hydroxylation is 1. The number of hydrogen-bond donors (Lipinski definition) is 2. The summed E-state index contributed by atoms with van der Waals surface area (Å²) in [6.45, 7) is 9.36. The van der Waals surface area contributed by atoms with Gasteiger partial charge >= 0.3 is 12.2 Å². The highest BCUT2D eigenvalue weighted by molar-refractivity contribution is 6.11. The molecule has 0 saturated carbocycles. The van der Waals surface area contributed by atoms with Gasteiger partial charge in [0.1, 0.15) is 11.8 Å². The number of rotatable bonds is 5. The van der Waals surface area contributed by atoms with E-state index in [1.807, 2.05) is 57.1 Å². The first-order valence-corrected chi connectivity index (χ1v) is 14.3. The van der Waals surface area contributed by atoms with E-state index < -0.39 is 17.8 Å². The summed E-state index contributed by atoms with van der Waals surface area (Å²) >= 11 is 0. The Hall–Kier alpha value is -3.24. The zero-order valence-electron chi connectivity index (χ0n) is 24.6. The molecule has 1 aliphatic carbocycles. The average molecular weight is 588 g/mol. The van der Waals surface area contributed by atoms with Crippen LogP contribution in [0.3, 0.4) is 0 Å². The maximum atomic E-state index is 13.6. The molecule has 0 bridgehead atoms. The minimum absolute atomic E-state index is 0. The second-order valence-corrected chi connectivity index (χ2v) is 12.3. The van der Waals surface area contributed by atoms with Gasteiger partial charge in [-0.2, -0.15) is 0 Å². The summed E-state index contributed by atoms with van der Waals surface area (Å²) in [6, 6.07) is 7.97. The zero-order valence-corrected chi connectivity index (χ0v) is 25.4. The summed E-state index contributed by atoms with van der Waals surface area (Å²) in [5, 5.41) is 3.91. The van der Waals surface area contributed by atoms with Crippen molar-refractivity contribution in [1.29, 1.82) is 0 Å². The van der Waals surface area contributed by atoms with E-state index in [9.17, 15) is 14.4 Å². The number of quaternary nitrogens is 1. The van der Waals surface area contributed by atoms with Gasteiger partial charge in [0, 0.05) is 55.3 Å². The molecular weight excluding hydrogens is 546 g/mol. The van der Waals surface area contributed by atoms with E-state index in [0.717, 1.165) is 47.8 Å². The molecule has 2 amide bonds. The molecule has 2 aromatic rings. The monoisotopic (exact) mass is 587 g/mol. The van der Waals surface area contributed by atoms with Crippen LogP contribution < -0.4 is 22.6 Å². The molecule has 41 heavy (non-hydrogen) atoms. The lowest BCUT2D eigenvalue weighted by Gasteiger charge is -2.33. The number of ether oxygens (including phenoxy) is 2. The second kappa shape index (κ2) is 12.3. The Labute approximate surface area is 248 Å². The number of ketones is 1. The average Bonchev–Trinajstić information content (AvgIpc) is 3.40. The van der Waals surface area contributed by atoms with Crippen molar-refractivity contribution < 1.29 is 41.2 Å². The first-order valence-electron chi connectivity index (χ1n) is 14.3. The molecule has 1 aromatic carbocycles. The van der Waals surface area contributed by atoms with Gasteiger partial charge in [0.05, 0.1) is 18.7 Å². The number of fused-ring (bicyclic) bond motifs is 3. The Bertz CT molecular complexity index is 1320. The molecule has 224 valence electrons. The van der Waals surface area contributed by atoms with E-state index in [1.54, 1.807) is 4.90 Å². The summed E-state index contributed by atoms with van der Waals surface area (Å²) < 4.78 is 13.2. The Morgan fingerprint density at radius 1 is 1.17 bits per heavy atom. The lowest BCUT2D eigenvalue weighted by atomic mass is 9.84. The number of Topliss-reactive ketones (excluding diaryl/α,β-unsaturated/α-hetero) is 1. The van der Waals surface area contributed by atoms with Gasteiger partial charge in [-0.1, -0.05) is 18.2 Å². The molecule has 3 unspecified atom stereocenters. The predicted molar refractivity (Wildman–Crippen MR) is 151 cm³/mol. The third kappa shape index (κ3) is 6.64. The maximum Gasteiger partial charge on any atom is 0.411 e. The topological polar surface area (TPSA) is 97.5 Å². The molecule has 2 N–H and O–H groups in total. The summed E-state index contributed by atoms with van der Waals surface area (Å²) in [5.74, 6) is 0.182. The number of amides is 2. The van der Waals surface area contributed by atoms with Gasteiger partial charge in [0.2, 0.25) is 0 Å². The molecule has 1 aromatic heterocycles. The van der Waals surface area contributed by atoms with E-state index in [4.69, 9.17) is 9.47 Å². The normalized spacial score (nSPS) is 24.2. The van der Waals surface area contributed by atoms with E-state index in [1.165, 1.54) is 4.90 Å². The van der Waals surface area contributed by atoms with Crippen molar-refractivity contribution in [3.05, 3.63) is 47.9 Å². The third-order valence-corrected chi connectivity index (χ3v) is 8.31. The molecule has 0 spiro atoms. The molecule has 2 aliphatic heterocycles. The van der Waals surface area contributed by atoms with Crippen LogP contribution in [-0.2, 0) is 22.9 Å². The van der Waals surface area contributed by atoms with Crippen molar-refractivity contribution in [3.63, 3.8) is 0 Å². The van der Waals surface area contributed by atoms with Crippen LogP contribution >= 0.6 is 0 Å². The fraction of sp³-hybridized carbons (Fsp3) is 0.567. The van der Waals surface area contributed by atoms with Gasteiger partial charge < -0.3 is 36.7 Å². The van der Waals surface area contributed by atoms with E-state index in [0.29, 0.717) is 19.6 Å². The molecule has 4 atom stereocenters. The molecule has 1 saturated heterocycles. The van der Waals surface area contributed by atoms with Crippen LogP contribution in [0.1, 0.15) is 63.0 Å². The number of hydrogen-bond acceptors (Lipinski definition) is 6. The van der Waals surface area contributed by atoms with Crippen LogP contribution in [0.25, 0.3) is 10.9 Å². The molecule has 3 heterocycles. The Balaban J connectivity index is 0.00000387. The SMILES string of the molecule is CC1N(COC(=O)N2CCC[C@@H](NC(=O)OC(C)(C)C)C2)C=C[NH+]1CC1CCc2c(c3ccccc3n2C)C1=O.[Cl-]. The van der Waals surface area contributed by atoms with Crippen LogP contribution in [0, 0.1) is 5.92 Å². The number of piperidine rings is 1. The fourth-order valence-electron chi connectivity index (χ4n) is 6.16. The number of nitrogens with zero attached hydrogens (tertiary/aromatic N) is 3. The molecule has 0 radical (unpaired) electrons. The number of carbonyl (C=O) groups excluding carboxylic acids is 3.